The van der Waals surface area contributed by atoms with Crippen molar-refractivity contribution in [3.05, 3.63) is 82.4 Å². The maximum absolute atomic E-state index is 2.42. The van der Waals surface area contributed by atoms with Gasteiger partial charge in [0.1, 0.15) is 0 Å². The van der Waals surface area contributed by atoms with Gasteiger partial charge in [0.05, 0.1) is 0 Å². The second kappa shape index (κ2) is 5.57. The lowest BCUT2D eigenvalue weighted by Gasteiger charge is -2.08. The molecule has 0 aliphatic heterocycles. The van der Waals surface area contributed by atoms with E-state index >= 15 is 0 Å². The molecule has 0 atom stereocenters. The minimum Gasteiger partial charge on any atom is -0.0622 e. The highest BCUT2D eigenvalue weighted by atomic mass is 127. The predicted molar refractivity (Wildman–Crippen MR) is 90.0 cm³/mol. The van der Waals surface area contributed by atoms with Crippen molar-refractivity contribution in [3.63, 3.8) is 0 Å². The summed E-state index contributed by atoms with van der Waals surface area (Å²) in [6.45, 7) is 0. The molecule has 0 saturated carbocycles. The molecular weight excluding hydrogens is 343 g/mol. The van der Waals surface area contributed by atoms with Crippen LogP contribution in [0.1, 0.15) is 0 Å². The summed E-state index contributed by atoms with van der Waals surface area (Å²) in [4.78, 5) is 0. The van der Waals surface area contributed by atoms with Crippen molar-refractivity contribution < 1.29 is 0 Å². The van der Waals surface area contributed by atoms with Gasteiger partial charge in [0.15, 0.2) is 0 Å². The first-order valence-corrected chi connectivity index (χ1v) is 7.33. The molecule has 0 nitrogen and oxygen atoms in total. The maximum atomic E-state index is 2.42. The molecule has 0 aliphatic rings. The van der Waals surface area contributed by atoms with E-state index in [0.717, 1.165) is 0 Å². The molecule has 0 heterocycles. The quantitative estimate of drug-likeness (QED) is 0.523. The van der Waals surface area contributed by atoms with Crippen LogP contribution in [0, 0.1) is 3.57 Å². The SMILES string of the molecule is Ic1cc(-c2ccccc2)ccc1-c1ccccc1. The third-order valence-corrected chi connectivity index (χ3v) is 4.05. The second-order valence-electron chi connectivity index (χ2n) is 4.43. The molecule has 0 saturated heterocycles. The second-order valence-corrected chi connectivity index (χ2v) is 5.59. The topological polar surface area (TPSA) is 0 Å². The first kappa shape index (κ1) is 12.4. The maximum Gasteiger partial charge on any atom is 0.0214 e. The molecule has 0 radical (unpaired) electrons. The Kier molecular flexibility index (Phi) is 3.65. The van der Waals surface area contributed by atoms with Gasteiger partial charge in [-0.2, -0.15) is 0 Å². The van der Waals surface area contributed by atoms with E-state index in [1.165, 1.54) is 25.8 Å². The van der Waals surface area contributed by atoms with Crippen molar-refractivity contribution in [2.24, 2.45) is 0 Å². The Hall–Kier alpha value is -1.61. The molecular formula is C18H13I. The van der Waals surface area contributed by atoms with Gasteiger partial charge in [-0.05, 0) is 50.9 Å². The van der Waals surface area contributed by atoms with Crippen LogP contribution in [0.5, 0.6) is 0 Å². The molecule has 3 aromatic carbocycles. The van der Waals surface area contributed by atoms with Gasteiger partial charge in [0, 0.05) is 3.57 Å². The normalized spacial score (nSPS) is 10.4. The summed E-state index contributed by atoms with van der Waals surface area (Å²) in [7, 11) is 0. The zero-order valence-electron chi connectivity index (χ0n) is 10.4. The van der Waals surface area contributed by atoms with Crippen LogP contribution in [0.3, 0.4) is 0 Å². The third kappa shape index (κ3) is 2.71. The highest BCUT2D eigenvalue weighted by Crippen LogP contribution is 2.29. The standard InChI is InChI=1S/C18H13I/c19-18-13-16(14-7-3-1-4-8-14)11-12-17(18)15-9-5-2-6-10-15/h1-13H. The van der Waals surface area contributed by atoms with Crippen molar-refractivity contribution in [2.45, 2.75) is 0 Å². The summed E-state index contributed by atoms with van der Waals surface area (Å²) in [5.74, 6) is 0. The van der Waals surface area contributed by atoms with Crippen molar-refractivity contribution in [3.8, 4) is 22.3 Å². The van der Waals surface area contributed by atoms with Crippen LogP contribution in [0.25, 0.3) is 22.3 Å². The fraction of sp³-hybridized carbons (Fsp3) is 0. The molecule has 0 fully saturated rings. The van der Waals surface area contributed by atoms with Gasteiger partial charge in [-0.15, -0.1) is 0 Å². The number of hydrogen-bond donors (Lipinski definition) is 0. The van der Waals surface area contributed by atoms with Gasteiger partial charge in [0.25, 0.3) is 0 Å². The summed E-state index contributed by atoms with van der Waals surface area (Å²) < 4.78 is 1.28. The van der Waals surface area contributed by atoms with E-state index in [9.17, 15) is 0 Å². The lowest BCUT2D eigenvalue weighted by Crippen LogP contribution is -1.85. The Morgan fingerprint density at radius 3 is 1.68 bits per heavy atom. The first-order chi connectivity index (χ1) is 9.34. The lowest BCUT2D eigenvalue weighted by atomic mass is 10.0. The molecule has 1 heteroatoms. The highest BCUT2D eigenvalue weighted by molar-refractivity contribution is 14.1. The van der Waals surface area contributed by atoms with E-state index in [1.54, 1.807) is 0 Å². The zero-order chi connectivity index (χ0) is 13.1. The average Bonchev–Trinajstić information content (AvgIpc) is 2.49. The van der Waals surface area contributed by atoms with Crippen LogP contribution >= 0.6 is 22.6 Å². The van der Waals surface area contributed by atoms with Crippen LogP contribution in [0.4, 0.5) is 0 Å². The number of halogens is 1. The smallest absolute Gasteiger partial charge is 0.0214 e. The Morgan fingerprint density at radius 1 is 0.526 bits per heavy atom. The van der Waals surface area contributed by atoms with E-state index in [2.05, 4.69) is 95.4 Å². The van der Waals surface area contributed by atoms with Crippen LogP contribution in [-0.4, -0.2) is 0 Å². The van der Waals surface area contributed by atoms with Gasteiger partial charge in [-0.25, -0.2) is 0 Å². The molecule has 0 unspecified atom stereocenters. The minimum atomic E-state index is 1.26. The lowest BCUT2D eigenvalue weighted by molar-refractivity contribution is 1.56. The molecule has 0 aliphatic carbocycles. The number of hydrogen-bond acceptors (Lipinski definition) is 0. The largest absolute Gasteiger partial charge is 0.0622 e. The Labute approximate surface area is 127 Å². The summed E-state index contributed by atoms with van der Waals surface area (Å²) in [5, 5.41) is 0. The van der Waals surface area contributed by atoms with Crippen molar-refractivity contribution in [2.75, 3.05) is 0 Å². The van der Waals surface area contributed by atoms with Crippen molar-refractivity contribution in [1.82, 2.24) is 0 Å². The molecule has 0 bridgehead atoms. The van der Waals surface area contributed by atoms with Gasteiger partial charge in [-0.3, -0.25) is 0 Å². The van der Waals surface area contributed by atoms with Crippen LogP contribution in [0.15, 0.2) is 78.9 Å². The van der Waals surface area contributed by atoms with Gasteiger partial charge in [-0.1, -0.05) is 72.8 Å². The van der Waals surface area contributed by atoms with Crippen molar-refractivity contribution in [1.29, 1.82) is 0 Å². The molecule has 19 heavy (non-hydrogen) atoms. The molecule has 0 spiro atoms. The van der Waals surface area contributed by atoms with Crippen LogP contribution in [0.2, 0.25) is 0 Å². The third-order valence-electron chi connectivity index (χ3n) is 3.16. The predicted octanol–water partition coefficient (Wildman–Crippen LogP) is 5.63. The van der Waals surface area contributed by atoms with E-state index in [1.807, 2.05) is 6.07 Å². The molecule has 0 amide bonds. The Balaban J connectivity index is 2.04. The molecule has 0 aromatic heterocycles. The van der Waals surface area contributed by atoms with E-state index in [0.29, 0.717) is 0 Å². The molecule has 3 rings (SSSR count). The Bertz CT molecular complexity index is 673. The molecule has 3 aromatic rings. The monoisotopic (exact) mass is 356 g/mol. The molecule has 0 N–H and O–H groups in total. The number of benzene rings is 3. The first-order valence-electron chi connectivity index (χ1n) is 6.25. The van der Waals surface area contributed by atoms with E-state index < -0.39 is 0 Å². The van der Waals surface area contributed by atoms with E-state index in [-0.39, 0.29) is 0 Å². The fourth-order valence-electron chi connectivity index (χ4n) is 2.18. The average molecular weight is 356 g/mol. The summed E-state index contributed by atoms with van der Waals surface area (Å²) in [6, 6.07) is 27.7. The summed E-state index contributed by atoms with van der Waals surface area (Å²) in [5.41, 5.74) is 5.09. The van der Waals surface area contributed by atoms with Gasteiger partial charge in [0.2, 0.25) is 0 Å². The minimum absolute atomic E-state index is 1.26. The summed E-state index contributed by atoms with van der Waals surface area (Å²) >= 11 is 2.42. The van der Waals surface area contributed by atoms with Crippen molar-refractivity contribution >= 4 is 22.6 Å². The van der Waals surface area contributed by atoms with Crippen LogP contribution in [-0.2, 0) is 0 Å². The molecule has 92 valence electrons. The highest BCUT2D eigenvalue weighted by Gasteiger charge is 2.04. The van der Waals surface area contributed by atoms with Gasteiger partial charge < -0.3 is 0 Å². The number of rotatable bonds is 2. The fourth-order valence-corrected chi connectivity index (χ4v) is 3.00. The van der Waals surface area contributed by atoms with Gasteiger partial charge >= 0.3 is 0 Å². The Morgan fingerprint density at radius 2 is 1.11 bits per heavy atom. The summed E-state index contributed by atoms with van der Waals surface area (Å²) in [6.07, 6.45) is 0. The van der Waals surface area contributed by atoms with E-state index in [4.69, 9.17) is 0 Å². The van der Waals surface area contributed by atoms with Crippen LogP contribution < -0.4 is 0 Å². The zero-order valence-corrected chi connectivity index (χ0v) is 12.5.